The van der Waals surface area contributed by atoms with Gasteiger partial charge in [0.2, 0.25) is 11.8 Å². The van der Waals surface area contributed by atoms with Gasteiger partial charge in [0.15, 0.2) is 17.4 Å². The van der Waals surface area contributed by atoms with Crippen LogP contribution in [-0.2, 0) is 7.05 Å². The van der Waals surface area contributed by atoms with E-state index in [1.54, 1.807) is 17.1 Å². The number of ether oxygens (including phenoxy) is 2. The number of piperidine rings is 1. The van der Waals surface area contributed by atoms with Crippen LogP contribution in [0.1, 0.15) is 49.6 Å². The van der Waals surface area contributed by atoms with Crippen LogP contribution in [-0.4, -0.2) is 61.8 Å². The maximum Gasteiger partial charge on any atom is 0.321 e. The number of rotatable bonds is 11. The van der Waals surface area contributed by atoms with Crippen molar-refractivity contribution in [3.8, 4) is 29.0 Å². The van der Waals surface area contributed by atoms with E-state index in [0.717, 1.165) is 30.4 Å². The minimum absolute atomic E-state index is 0.0256. The van der Waals surface area contributed by atoms with Crippen LogP contribution in [0.4, 0.5) is 11.8 Å². The van der Waals surface area contributed by atoms with Crippen molar-refractivity contribution in [3.63, 3.8) is 0 Å². The molecule has 1 saturated heterocycles. The molecule has 2 N–H and O–H groups in total. The summed E-state index contributed by atoms with van der Waals surface area (Å²) in [4.78, 5) is 32.2. The van der Waals surface area contributed by atoms with Crippen molar-refractivity contribution in [2.45, 2.75) is 39.0 Å². The number of hydrogen-bond donors (Lipinski definition) is 1. The molecular formula is C27H33N9O3. The lowest BCUT2D eigenvalue weighted by Gasteiger charge is -2.32. The number of carbonyl (C=O) groups is 1. The quantitative estimate of drug-likeness (QED) is 0.362. The SMILES string of the molecule is CCCC(=O)c1nc(OC[C@H]2C[C@H]2C#N)nc(N2CCC(COc3cc(-c4cnn(C)c4)cnc3N)CC2)n1. The molecule has 2 fully saturated rings. The zero-order valence-electron chi connectivity index (χ0n) is 22.3. The first-order chi connectivity index (χ1) is 18.9. The number of pyridine rings is 1. The van der Waals surface area contributed by atoms with E-state index < -0.39 is 0 Å². The average molecular weight is 532 g/mol. The minimum atomic E-state index is -0.129. The number of hydrogen-bond acceptors (Lipinski definition) is 11. The van der Waals surface area contributed by atoms with Gasteiger partial charge in [0, 0.05) is 56.0 Å². The maximum absolute atomic E-state index is 12.6. The smallest absolute Gasteiger partial charge is 0.321 e. The van der Waals surface area contributed by atoms with Crippen LogP contribution in [0.2, 0.25) is 0 Å². The largest absolute Gasteiger partial charge is 0.489 e. The van der Waals surface area contributed by atoms with Gasteiger partial charge in [-0.1, -0.05) is 6.92 Å². The highest BCUT2D eigenvalue weighted by Gasteiger charge is 2.38. The number of anilines is 2. The van der Waals surface area contributed by atoms with Gasteiger partial charge < -0.3 is 20.1 Å². The normalized spacial score (nSPS) is 18.9. The lowest BCUT2D eigenvalue weighted by atomic mass is 9.98. The van der Waals surface area contributed by atoms with Gasteiger partial charge in [-0.15, -0.1) is 0 Å². The molecule has 204 valence electrons. The van der Waals surface area contributed by atoms with E-state index in [1.807, 2.05) is 26.2 Å². The summed E-state index contributed by atoms with van der Waals surface area (Å²) in [5.41, 5.74) is 7.92. The number of aryl methyl sites for hydroxylation is 1. The van der Waals surface area contributed by atoms with E-state index in [-0.39, 0.29) is 29.5 Å². The molecule has 2 atom stereocenters. The highest BCUT2D eigenvalue weighted by atomic mass is 16.5. The van der Waals surface area contributed by atoms with Crippen molar-refractivity contribution >= 4 is 17.5 Å². The molecule has 1 saturated carbocycles. The first-order valence-corrected chi connectivity index (χ1v) is 13.4. The van der Waals surface area contributed by atoms with Crippen molar-refractivity contribution in [2.24, 2.45) is 24.8 Å². The summed E-state index contributed by atoms with van der Waals surface area (Å²) in [7, 11) is 1.87. The summed E-state index contributed by atoms with van der Waals surface area (Å²) in [6, 6.07) is 4.30. The molecule has 39 heavy (non-hydrogen) atoms. The monoisotopic (exact) mass is 531 g/mol. The van der Waals surface area contributed by atoms with E-state index in [4.69, 9.17) is 20.5 Å². The Hall–Kier alpha value is -4.27. The zero-order chi connectivity index (χ0) is 27.4. The number of carbonyl (C=O) groups excluding carboxylic acids is 1. The van der Waals surface area contributed by atoms with Gasteiger partial charge in [0.05, 0.1) is 31.4 Å². The summed E-state index contributed by atoms with van der Waals surface area (Å²) in [6.45, 7) is 4.24. The van der Waals surface area contributed by atoms with E-state index in [2.05, 4.69) is 36.0 Å². The van der Waals surface area contributed by atoms with E-state index in [9.17, 15) is 4.79 Å². The number of Topliss-reactive ketones (excluding diaryl/α,β-unsaturated/α-hetero) is 1. The molecule has 0 bridgehead atoms. The summed E-state index contributed by atoms with van der Waals surface area (Å²) >= 11 is 0. The van der Waals surface area contributed by atoms with Crippen LogP contribution in [0, 0.1) is 29.1 Å². The second kappa shape index (κ2) is 11.6. The molecule has 3 aromatic rings. The highest BCUT2D eigenvalue weighted by Crippen LogP contribution is 2.37. The molecule has 0 radical (unpaired) electrons. The Morgan fingerprint density at radius 3 is 2.67 bits per heavy atom. The Kier molecular flexibility index (Phi) is 7.86. The molecule has 1 aliphatic carbocycles. The topological polar surface area (TPSA) is 158 Å². The van der Waals surface area contributed by atoms with Gasteiger partial charge in [-0.3, -0.25) is 9.48 Å². The maximum atomic E-state index is 12.6. The molecule has 0 unspecified atom stereocenters. The number of aromatic nitrogens is 6. The lowest BCUT2D eigenvalue weighted by Crippen LogP contribution is -2.37. The van der Waals surface area contributed by atoms with Gasteiger partial charge in [-0.25, -0.2) is 4.98 Å². The van der Waals surface area contributed by atoms with Gasteiger partial charge in [-0.05, 0) is 37.7 Å². The Balaban J connectivity index is 1.20. The predicted octanol–water partition coefficient (Wildman–Crippen LogP) is 3.07. The summed E-state index contributed by atoms with van der Waals surface area (Å²) in [6.07, 6.45) is 9.03. The van der Waals surface area contributed by atoms with Crippen LogP contribution in [0.25, 0.3) is 11.1 Å². The molecule has 3 aromatic heterocycles. The predicted molar refractivity (Wildman–Crippen MR) is 143 cm³/mol. The van der Waals surface area contributed by atoms with Gasteiger partial charge in [-0.2, -0.15) is 25.3 Å². The molecule has 0 spiro atoms. The molecule has 12 heteroatoms. The van der Waals surface area contributed by atoms with Gasteiger partial charge in [0.25, 0.3) is 0 Å². The van der Waals surface area contributed by atoms with Crippen LogP contribution >= 0.6 is 0 Å². The number of nitrogen functional groups attached to an aromatic ring is 1. The van der Waals surface area contributed by atoms with E-state index in [0.29, 0.717) is 62.6 Å². The number of nitriles is 1. The standard InChI is InChI=1S/C27H33N9O3/c1-3-4-22(37)25-32-26(34-27(33-25)39-16-20-9-18(20)11-28)36-7-5-17(6-8-36)15-38-23-10-19(12-30-24(23)29)21-13-31-35(2)14-21/h10,12-14,17-18,20H,3-9,15-16H2,1-2H3,(H2,29,30)/t18-,20+/m0/s1. The summed E-state index contributed by atoms with van der Waals surface area (Å²) in [5.74, 6) is 1.90. The van der Waals surface area contributed by atoms with E-state index in [1.165, 1.54) is 0 Å². The van der Waals surface area contributed by atoms with Crippen LogP contribution < -0.4 is 20.1 Å². The van der Waals surface area contributed by atoms with Crippen LogP contribution in [0.15, 0.2) is 24.7 Å². The fraction of sp³-hybridized carbons (Fsp3) is 0.519. The number of ketones is 1. The summed E-state index contributed by atoms with van der Waals surface area (Å²) in [5, 5.41) is 13.3. The van der Waals surface area contributed by atoms with Crippen LogP contribution in [0.3, 0.4) is 0 Å². The lowest BCUT2D eigenvalue weighted by molar-refractivity contribution is 0.0969. The molecule has 2 aliphatic rings. The second-order valence-electron chi connectivity index (χ2n) is 10.2. The fourth-order valence-corrected chi connectivity index (χ4v) is 4.59. The molecule has 4 heterocycles. The zero-order valence-corrected chi connectivity index (χ0v) is 22.3. The second-order valence-corrected chi connectivity index (χ2v) is 10.2. The van der Waals surface area contributed by atoms with Crippen molar-refractivity contribution in [1.82, 2.24) is 29.7 Å². The Labute approximate surface area is 227 Å². The Bertz CT molecular complexity index is 1360. The Morgan fingerprint density at radius 2 is 1.97 bits per heavy atom. The van der Waals surface area contributed by atoms with Crippen LogP contribution in [0.5, 0.6) is 11.8 Å². The van der Waals surface area contributed by atoms with Gasteiger partial charge in [0.1, 0.15) is 0 Å². The first kappa shape index (κ1) is 26.3. The van der Waals surface area contributed by atoms with Gasteiger partial charge >= 0.3 is 6.01 Å². The molecule has 0 aromatic carbocycles. The summed E-state index contributed by atoms with van der Waals surface area (Å²) < 4.78 is 13.6. The van der Waals surface area contributed by atoms with Crippen molar-refractivity contribution in [2.75, 3.05) is 36.9 Å². The average Bonchev–Trinajstić information content (AvgIpc) is 3.59. The molecular weight excluding hydrogens is 498 g/mol. The van der Waals surface area contributed by atoms with Crippen molar-refractivity contribution < 1.29 is 14.3 Å². The first-order valence-electron chi connectivity index (χ1n) is 13.4. The molecule has 1 aliphatic heterocycles. The fourth-order valence-electron chi connectivity index (χ4n) is 4.59. The highest BCUT2D eigenvalue weighted by molar-refractivity contribution is 5.92. The van der Waals surface area contributed by atoms with Crippen molar-refractivity contribution in [1.29, 1.82) is 5.26 Å². The van der Waals surface area contributed by atoms with Crippen molar-refractivity contribution in [3.05, 3.63) is 30.5 Å². The third kappa shape index (κ3) is 6.42. The number of nitrogens with two attached hydrogens (primary N) is 1. The Morgan fingerprint density at radius 1 is 1.15 bits per heavy atom. The van der Waals surface area contributed by atoms with E-state index >= 15 is 0 Å². The molecule has 0 amide bonds. The third-order valence-electron chi connectivity index (χ3n) is 7.14. The number of nitrogens with zero attached hydrogens (tertiary/aromatic N) is 8. The molecule has 5 rings (SSSR count). The molecule has 12 nitrogen and oxygen atoms in total. The minimum Gasteiger partial charge on any atom is -0.489 e. The third-order valence-corrected chi connectivity index (χ3v) is 7.14.